The molecule has 2 N–H and O–H groups in total. The van der Waals surface area contributed by atoms with E-state index in [1.54, 1.807) is 6.20 Å². The van der Waals surface area contributed by atoms with Crippen molar-refractivity contribution in [1.82, 2.24) is 25.1 Å². The third-order valence-electron chi connectivity index (χ3n) is 2.01. The van der Waals surface area contributed by atoms with E-state index in [1.807, 2.05) is 25.9 Å². The first-order valence-corrected chi connectivity index (χ1v) is 4.80. The van der Waals surface area contributed by atoms with Crippen molar-refractivity contribution in [3.05, 3.63) is 18.1 Å². The van der Waals surface area contributed by atoms with Gasteiger partial charge in [0.2, 0.25) is 11.9 Å². The van der Waals surface area contributed by atoms with Crippen LogP contribution in [0.3, 0.4) is 0 Å². The van der Waals surface area contributed by atoms with Crippen LogP contribution in [0, 0.1) is 6.92 Å². The number of aromatic nitrogens is 5. The van der Waals surface area contributed by atoms with E-state index >= 15 is 0 Å². The molecule has 0 radical (unpaired) electrons. The molecule has 7 heteroatoms. The first-order chi connectivity index (χ1) is 7.66. The van der Waals surface area contributed by atoms with Gasteiger partial charge in [0.25, 0.3) is 0 Å². The highest BCUT2D eigenvalue weighted by Gasteiger charge is 2.06. The van der Waals surface area contributed by atoms with E-state index in [-0.39, 0.29) is 0 Å². The summed E-state index contributed by atoms with van der Waals surface area (Å²) in [5.74, 6) is 1.89. The van der Waals surface area contributed by atoms with Gasteiger partial charge < -0.3 is 4.90 Å². The lowest BCUT2D eigenvalue weighted by Crippen LogP contribution is -2.13. The van der Waals surface area contributed by atoms with E-state index in [1.165, 1.54) is 6.33 Å². The molecule has 7 nitrogen and oxygen atoms in total. The predicted molar refractivity (Wildman–Crippen MR) is 60.8 cm³/mol. The van der Waals surface area contributed by atoms with Gasteiger partial charge in [0, 0.05) is 25.9 Å². The summed E-state index contributed by atoms with van der Waals surface area (Å²) in [7, 11) is 3.88. The van der Waals surface area contributed by atoms with Crippen molar-refractivity contribution in [2.75, 3.05) is 24.3 Å². The Kier molecular flexibility index (Phi) is 2.67. The minimum absolute atomic E-state index is 0.492. The smallest absolute Gasteiger partial charge is 0.231 e. The molecular formula is C9H13N7. The highest BCUT2D eigenvalue weighted by Crippen LogP contribution is 2.16. The van der Waals surface area contributed by atoms with Gasteiger partial charge in [0.15, 0.2) is 0 Å². The molecule has 0 saturated carbocycles. The van der Waals surface area contributed by atoms with E-state index in [4.69, 9.17) is 0 Å². The summed E-state index contributed by atoms with van der Waals surface area (Å²) in [4.78, 5) is 14.4. The summed E-state index contributed by atoms with van der Waals surface area (Å²) in [6.45, 7) is 1.97. The van der Waals surface area contributed by atoms with E-state index < -0.39 is 0 Å². The largest absolute Gasteiger partial charge is 0.362 e. The van der Waals surface area contributed by atoms with Gasteiger partial charge in [-0.2, -0.15) is 15.1 Å². The number of H-pyrrole nitrogens is 1. The Morgan fingerprint density at radius 1 is 1.31 bits per heavy atom. The van der Waals surface area contributed by atoms with Crippen molar-refractivity contribution in [2.45, 2.75) is 6.92 Å². The second-order valence-corrected chi connectivity index (χ2v) is 3.55. The van der Waals surface area contributed by atoms with Crippen molar-refractivity contribution >= 4 is 17.7 Å². The van der Waals surface area contributed by atoms with Crippen molar-refractivity contribution in [3.8, 4) is 0 Å². The molecule has 2 aromatic heterocycles. The van der Waals surface area contributed by atoms with Gasteiger partial charge in [-0.3, -0.25) is 5.32 Å². The Bertz CT molecular complexity index is 463. The number of anilines is 3. The minimum Gasteiger partial charge on any atom is -0.362 e. The molecule has 0 aliphatic rings. The summed E-state index contributed by atoms with van der Waals surface area (Å²) in [5, 5.41) is 9.34. The number of hydrogen-bond acceptors (Lipinski definition) is 6. The molecule has 0 fully saturated rings. The molecule has 0 saturated heterocycles. The van der Waals surface area contributed by atoms with E-state index in [2.05, 4.69) is 30.5 Å². The molecule has 0 unspecified atom stereocenters. The molecule has 0 atom stereocenters. The maximum atomic E-state index is 4.36. The maximum Gasteiger partial charge on any atom is 0.231 e. The Morgan fingerprint density at radius 3 is 2.75 bits per heavy atom. The van der Waals surface area contributed by atoms with Gasteiger partial charge in [-0.15, -0.1) is 0 Å². The standard InChI is InChI=1S/C9H13N7/c1-6-4-10-8(13-7(6)16(2)3)14-9-11-5-12-15-9/h4-5H,1-3H3,(H2,10,11,12,13,14,15). The fourth-order valence-electron chi connectivity index (χ4n) is 1.32. The summed E-state index contributed by atoms with van der Waals surface area (Å²) in [5.41, 5.74) is 1.02. The molecule has 16 heavy (non-hydrogen) atoms. The van der Waals surface area contributed by atoms with Gasteiger partial charge >= 0.3 is 0 Å². The van der Waals surface area contributed by atoms with Gasteiger partial charge in [-0.05, 0) is 6.92 Å². The van der Waals surface area contributed by atoms with Crippen LogP contribution in [-0.4, -0.2) is 39.2 Å². The van der Waals surface area contributed by atoms with Gasteiger partial charge in [0.1, 0.15) is 12.1 Å². The zero-order chi connectivity index (χ0) is 11.5. The Balaban J connectivity index is 2.26. The predicted octanol–water partition coefficient (Wildman–Crippen LogP) is 0.713. The monoisotopic (exact) mass is 219 g/mol. The van der Waals surface area contributed by atoms with Crippen LogP contribution < -0.4 is 10.2 Å². The first-order valence-electron chi connectivity index (χ1n) is 4.80. The third-order valence-corrected chi connectivity index (χ3v) is 2.01. The summed E-state index contributed by atoms with van der Waals surface area (Å²) < 4.78 is 0. The van der Waals surface area contributed by atoms with Crippen LogP contribution in [0.2, 0.25) is 0 Å². The zero-order valence-corrected chi connectivity index (χ0v) is 9.39. The average Bonchev–Trinajstić information content (AvgIpc) is 2.73. The third kappa shape index (κ3) is 2.08. The molecule has 2 heterocycles. The van der Waals surface area contributed by atoms with Crippen molar-refractivity contribution in [1.29, 1.82) is 0 Å². The number of aryl methyl sites for hydroxylation is 1. The van der Waals surface area contributed by atoms with Crippen LogP contribution in [0.15, 0.2) is 12.5 Å². The topological polar surface area (TPSA) is 82.6 Å². The lowest BCUT2D eigenvalue weighted by molar-refractivity contribution is 1.01. The minimum atomic E-state index is 0.492. The van der Waals surface area contributed by atoms with E-state index in [0.717, 1.165) is 11.4 Å². The number of nitrogens with one attached hydrogen (secondary N) is 2. The highest BCUT2D eigenvalue weighted by atomic mass is 15.3. The molecule has 84 valence electrons. The first kappa shape index (κ1) is 10.3. The molecule has 2 rings (SSSR count). The molecule has 0 amide bonds. The summed E-state index contributed by atoms with van der Waals surface area (Å²) in [6.07, 6.45) is 3.18. The zero-order valence-electron chi connectivity index (χ0n) is 9.39. The number of rotatable bonds is 3. The highest BCUT2D eigenvalue weighted by molar-refractivity contribution is 5.50. The quantitative estimate of drug-likeness (QED) is 0.791. The molecule has 0 bridgehead atoms. The van der Waals surface area contributed by atoms with Crippen molar-refractivity contribution in [3.63, 3.8) is 0 Å². The Morgan fingerprint density at radius 2 is 2.12 bits per heavy atom. The second-order valence-electron chi connectivity index (χ2n) is 3.55. The summed E-state index contributed by atoms with van der Waals surface area (Å²) in [6, 6.07) is 0. The number of nitrogens with zero attached hydrogens (tertiary/aromatic N) is 5. The molecule has 0 spiro atoms. The number of hydrogen-bond donors (Lipinski definition) is 2. The lowest BCUT2D eigenvalue weighted by Gasteiger charge is -2.14. The van der Waals surface area contributed by atoms with Crippen LogP contribution in [0.25, 0.3) is 0 Å². The summed E-state index contributed by atoms with van der Waals surface area (Å²) >= 11 is 0. The average molecular weight is 219 g/mol. The maximum absolute atomic E-state index is 4.36. The van der Waals surface area contributed by atoms with Crippen LogP contribution in [0.4, 0.5) is 17.7 Å². The van der Waals surface area contributed by atoms with Gasteiger partial charge in [-0.1, -0.05) is 0 Å². The van der Waals surface area contributed by atoms with Crippen molar-refractivity contribution < 1.29 is 0 Å². The van der Waals surface area contributed by atoms with Gasteiger partial charge in [-0.25, -0.2) is 10.1 Å². The number of aromatic amines is 1. The second kappa shape index (κ2) is 4.13. The molecule has 0 aliphatic heterocycles. The SMILES string of the molecule is Cc1cnc(Nc2ncn[nH]2)nc1N(C)C. The molecule has 2 aromatic rings. The van der Waals surface area contributed by atoms with Crippen LogP contribution >= 0.6 is 0 Å². The van der Waals surface area contributed by atoms with Crippen LogP contribution in [0.1, 0.15) is 5.56 Å². The fourth-order valence-corrected chi connectivity index (χ4v) is 1.32. The van der Waals surface area contributed by atoms with Crippen molar-refractivity contribution in [2.24, 2.45) is 0 Å². The molecular weight excluding hydrogens is 206 g/mol. The molecule has 0 aliphatic carbocycles. The molecule has 0 aromatic carbocycles. The van der Waals surface area contributed by atoms with E-state index in [9.17, 15) is 0 Å². The Labute approximate surface area is 92.9 Å². The Hall–Kier alpha value is -2.18. The van der Waals surface area contributed by atoms with E-state index in [0.29, 0.717) is 11.9 Å². The van der Waals surface area contributed by atoms with Crippen LogP contribution in [-0.2, 0) is 0 Å². The normalized spacial score (nSPS) is 10.2. The fraction of sp³-hybridized carbons (Fsp3) is 0.333. The van der Waals surface area contributed by atoms with Gasteiger partial charge in [0.05, 0.1) is 0 Å². The lowest BCUT2D eigenvalue weighted by atomic mass is 10.3. The van der Waals surface area contributed by atoms with Crippen LogP contribution in [0.5, 0.6) is 0 Å².